The van der Waals surface area contributed by atoms with E-state index in [0.717, 1.165) is 4.90 Å². The molecule has 1 aliphatic rings. The lowest BCUT2D eigenvalue weighted by molar-refractivity contribution is -0.141. The third kappa shape index (κ3) is 3.32. The van der Waals surface area contributed by atoms with Gasteiger partial charge in [0, 0.05) is 0 Å². The largest absolute Gasteiger partial charge is 0.444 e. The number of carbonyl (C=O) groups excluding carboxylic acids is 1. The molecule has 0 bridgehead atoms. The van der Waals surface area contributed by atoms with Crippen molar-refractivity contribution >= 4 is 6.09 Å². The predicted molar refractivity (Wildman–Crippen MR) is 61.8 cm³/mol. The van der Waals surface area contributed by atoms with Crippen LogP contribution in [-0.2, 0) is 4.74 Å². The summed E-state index contributed by atoms with van der Waals surface area (Å²) in [6.07, 6.45) is -4.81. The highest BCUT2D eigenvalue weighted by Crippen LogP contribution is 2.21. The normalized spacial score (nSPS) is 33.4. The molecule has 1 heterocycles. The van der Waals surface area contributed by atoms with Gasteiger partial charge in [-0.25, -0.2) is 4.79 Å². The summed E-state index contributed by atoms with van der Waals surface area (Å²) in [6.45, 7) is 4.34. The van der Waals surface area contributed by atoms with Crippen LogP contribution < -0.4 is 0 Å². The summed E-state index contributed by atoms with van der Waals surface area (Å²) in [4.78, 5) is 12.9. The second kappa shape index (κ2) is 5.40. The van der Waals surface area contributed by atoms with E-state index in [4.69, 9.17) is 4.74 Å². The number of hydrogen-bond donors (Lipinski definition) is 4. The summed E-state index contributed by atoms with van der Waals surface area (Å²) >= 11 is 0. The quantitative estimate of drug-likeness (QED) is 0.467. The number of likely N-dealkylation sites (tertiary alicyclic amines) is 1. The van der Waals surface area contributed by atoms with E-state index in [1.165, 1.54) is 0 Å². The number of aliphatic hydroxyl groups excluding tert-OH is 4. The highest BCUT2D eigenvalue weighted by atomic mass is 16.6. The number of β-amino-alcohol motifs (C(OH)–C–C–N with tert-alkyl or cyclic N) is 1. The molecule has 1 amide bonds. The first-order valence-corrected chi connectivity index (χ1v) is 5.82. The van der Waals surface area contributed by atoms with Crippen LogP contribution in [0.25, 0.3) is 0 Å². The topological polar surface area (TPSA) is 110 Å². The second-order valence-corrected chi connectivity index (χ2v) is 5.43. The van der Waals surface area contributed by atoms with Crippen LogP contribution in [0, 0.1) is 0 Å². The molecule has 1 rings (SSSR count). The van der Waals surface area contributed by atoms with Gasteiger partial charge in [-0.3, -0.25) is 4.90 Å². The zero-order chi connectivity index (χ0) is 14.1. The van der Waals surface area contributed by atoms with Gasteiger partial charge in [-0.05, 0) is 20.8 Å². The Morgan fingerprint density at radius 3 is 2.28 bits per heavy atom. The molecule has 7 heteroatoms. The number of nitrogens with zero attached hydrogens (tertiary/aromatic N) is 1. The summed E-state index contributed by atoms with van der Waals surface area (Å²) in [5.74, 6) is 0. The van der Waals surface area contributed by atoms with Crippen molar-refractivity contribution in [1.82, 2.24) is 4.90 Å². The van der Waals surface area contributed by atoms with Crippen LogP contribution in [0.1, 0.15) is 20.8 Å². The van der Waals surface area contributed by atoms with Crippen LogP contribution in [0.5, 0.6) is 0 Å². The minimum absolute atomic E-state index is 0.196. The number of ether oxygens (including phenoxy) is 1. The van der Waals surface area contributed by atoms with Gasteiger partial charge in [0.1, 0.15) is 23.9 Å². The van der Waals surface area contributed by atoms with Gasteiger partial charge in [0.2, 0.25) is 0 Å². The summed E-state index contributed by atoms with van der Waals surface area (Å²) in [5.41, 5.74) is -0.719. The van der Waals surface area contributed by atoms with Crippen LogP contribution >= 0.6 is 0 Å². The van der Waals surface area contributed by atoms with E-state index in [9.17, 15) is 25.2 Å². The summed E-state index contributed by atoms with van der Waals surface area (Å²) in [6, 6.07) is -0.988. The number of piperidine rings is 1. The zero-order valence-electron chi connectivity index (χ0n) is 10.8. The molecule has 0 aliphatic carbocycles. The molecule has 4 N–H and O–H groups in total. The van der Waals surface area contributed by atoms with Gasteiger partial charge in [-0.15, -0.1) is 0 Å². The van der Waals surface area contributed by atoms with E-state index >= 15 is 0 Å². The zero-order valence-corrected chi connectivity index (χ0v) is 10.8. The minimum Gasteiger partial charge on any atom is -0.444 e. The highest BCUT2D eigenvalue weighted by molar-refractivity contribution is 5.69. The SMILES string of the molecule is CC(C)(C)OC(=O)N1CC(O)C(O)C(O)C1CO. The summed E-state index contributed by atoms with van der Waals surface area (Å²) in [5, 5.41) is 37.9. The van der Waals surface area contributed by atoms with Gasteiger partial charge in [0.25, 0.3) is 0 Å². The predicted octanol–water partition coefficient (Wildman–Crippen LogP) is -1.32. The summed E-state index contributed by atoms with van der Waals surface area (Å²) in [7, 11) is 0. The van der Waals surface area contributed by atoms with E-state index in [0.29, 0.717) is 0 Å². The van der Waals surface area contributed by atoms with Crippen molar-refractivity contribution in [2.75, 3.05) is 13.2 Å². The first-order chi connectivity index (χ1) is 8.17. The lowest BCUT2D eigenvalue weighted by atomic mass is 9.95. The van der Waals surface area contributed by atoms with Crippen molar-refractivity contribution in [3.05, 3.63) is 0 Å². The van der Waals surface area contributed by atoms with Crippen LogP contribution in [0.4, 0.5) is 4.79 Å². The Morgan fingerprint density at radius 2 is 1.83 bits per heavy atom. The second-order valence-electron chi connectivity index (χ2n) is 5.43. The molecule has 0 aromatic heterocycles. The fraction of sp³-hybridized carbons (Fsp3) is 0.909. The third-order valence-corrected chi connectivity index (χ3v) is 2.74. The summed E-state index contributed by atoms with van der Waals surface area (Å²) < 4.78 is 5.11. The molecule has 4 atom stereocenters. The molecule has 4 unspecified atom stereocenters. The Bertz CT molecular complexity index is 302. The molecular weight excluding hydrogens is 242 g/mol. The molecule has 0 spiro atoms. The Morgan fingerprint density at radius 1 is 1.28 bits per heavy atom. The number of hydrogen-bond acceptors (Lipinski definition) is 6. The van der Waals surface area contributed by atoms with Crippen molar-refractivity contribution in [1.29, 1.82) is 0 Å². The third-order valence-electron chi connectivity index (χ3n) is 2.74. The van der Waals surface area contributed by atoms with Crippen molar-refractivity contribution < 1.29 is 30.0 Å². The van der Waals surface area contributed by atoms with Crippen molar-refractivity contribution in [2.24, 2.45) is 0 Å². The number of carbonyl (C=O) groups is 1. The lowest BCUT2D eigenvalue weighted by Crippen LogP contribution is -2.64. The fourth-order valence-corrected chi connectivity index (χ4v) is 1.82. The van der Waals surface area contributed by atoms with Gasteiger partial charge in [-0.2, -0.15) is 0 Å². The number of aliphatic hydroxyl groups is 4. The first kappa shape index (κ1) is 15.2. The maximum Gasteiger partial charge on any atom is 0.410 e. The monoisotopic (exact) mass is 263 g/mol. The van der Waals surface area contributed by atoms with E-state index in [2.05, 4.69) is 0 Å². The van der Waals surface area contributed by atoms with Gasteiger partial charge >= 0.3 is 6.09 Å². The molecule has 7 nitrogen and oxygen atoms in total. The van der Waals surface area contributed by atoms with Crippen LogP contribution in [0.15, 0.2) is 0 Å². The van der Waals surface area contributed by atoms with E-state index < -0.39 is 42.7 Å². The van der Waals surface area contributed by atoms with Gasteiger partial charge in [0.15, 0.2) is 0 Å². The molecule has 1 saturated heterocycles. The van der Waals surface area contributed by atoms with Gasteiger partial charge in [-0.1, -0.05) is 0 Å². The average molecular weight is 263 g/mol. The molecule has 1 fully saturated rings. The Kier molecular flexibility index (Phi) is 4.55. The average Bonchev–Trinajstić information content (AvgIpc) is 2.23. The smallest absolute Gasteiger partial charge is 0.410 e. The molecule has 106 valence electrons. The van der Waals surface area contributed by atoms with Crippen molar-refractivity contribution in [3.63, 3.8) is 0 Å². The molecule has 18 heavy (non-hydrogen) atoms. The number of amides is 1. The molecular formula is C11H21NO6. The first-order valence-electron chi connectivity index (χ1n) is 5.82. The molecule has 1 aliphatic heterocycles. The number of rotatable bonds is 1. The van der Waals surface area contributed by atoms with E-state index in [1.807, 2.05) is 0 Å². The van der Waals surface area contributed by atoms with Crippen molar-refractivity contribution in [2.45, 2.75) is 50.7 Å². The maximum atomic E-state index is 11.9. The molecule has 0 aromatic carbocycles. The van der Waals surface area contributed by atoms with E-state index in [-0.39, 0.29) is 6.54 Å². The maximum absolute atomic E-state index is 11.9. The van der Waals surface area contributed by atoms with E-state index in [1.54, 1.807) is 20.8 Å². The van der Waals surface area contributed by atoms with Crippen LogP contribution in [0.3, 0.4) is 0 Å². The van der Waals surface area contributed by atoms with Crippen LogP contribution in [0.2, 0.25) is 0 Å². The van der Waals surface area contributed by atoms with Crippen LogP contribution in [-0.4, -0.2) is 74.5 Å². The molecule has 0 aromatic rings. The fourth-order valence-electron chi connectivity index (χ4n) is 1.82. The standard InChI is InChI=1S/C11H21NO6/c1-11(2,3)18-10(17)12-4-7(14)9(16)8(15)6(12)5-13/h6-9,13-16H,4-5H2,1-3H3. The Hall–Kier alpha value is -0.890. The van der Waals surface area contributed by atoms with Gasteiger partial charge in [0.05, 0.1) is 19.2 Å². The lowest BCUT2D eigenvalue weighted by Gasteiger charge is -2.43. The minimum atomic E-state index is -1.41. The molecule has 0 saturated carbocycles. The highest BCUT2D eigenvalue weighted by Gasteiger charge is 2.44. The Labute approximate surface area is 106 Å². The van der Waals surface area contributed by atoms with Crippen molar-refractivity contribution in [3.8, 4) is 0 Å². The Balaban J connectivity index is 2.82. The molecule has 0 radical (unpaired) electrons. The van der Waals surface area contributed by atoms with Gasteiger partial charge < -0.3 is 25.2 Å².